The van der Waals surface area contributed by atoms with Gasteiger partial charge in [-0.25, -0.2) is 9.18 Å². The van der Waals surface area contributed by atoms with E-state index < -0.39 is 11.8 Å². The lowest BCUT2D eigenvalue weighted by Crippen LogP contribution is -2.03. The number of carboxylic acid groups (broad SMARTS) is 1. The lowest BCUT2D eigenvalue weighted by atomic mass is 10.0. The molecular weight excluding hydrogens is 433 g/mol. The van der Waals surface area contributed by atoms with Crippen LogP contribution < -0.4 is 9.47 Å². The fraction of sp³-hybridized carbons (Fsp3) is 0.120. The molecule has 0 aliphatic rings. The summed E-state index contributed by atoms with van der Waals surface area (Å²) in [6, 6.07) is 17.6. The molecule has 0 bridgehead atoms. The highest BCUT2D eigenvalue weighted by Crippen LogP contribution is 2.38. The van der Waals surface area contributed by atoms with Crippen molar-refractivity contribution in [3.05, 3.63) is 93.8 Å². The Hall–Kier alpha value is -3.82. The van der Waals surface area contributed by atoms with Crippen LogP contribution in [0.1, 0.15) is 34.0 Å². The molecule has 0 aromatic heterocycles. The van der Waals surface area contributed by atoms with Gasteiger partial charge in [-0.15, -0.1) is 0 Å². The van der Waals surface area contributed by atoms with Crippen LogP contribution in [0.5, 0.6) is 11.5 Å². The van der Waals surface area contributed by atoms with Gasteiger partial charge in [0.2, 0.25) is 0 Å². The van der Waals surface area contributed by atoms with Gasteiger partial charge in [-0.05, 0) is 54.5 Å². The second-order valence-corrected chi connectivity index (χ2v) is 7.11. The fourth-order valence-electron chi connectivity index (χ4n) is 3.04. The number of hydrogen-bond acceptors (Lipinski definition) is 4. The second kappa shape index (κ2) is 10.5. The zero-order chi connectivity index (χ0) is 23.1. The Kier molecular flexibility index (Phi) is 7.48. The van der Waals surface area contributed by atoms with Crippen LogP contribution in [0, 0.1) is 17.1 Å². The molecule has 0 radical (unpaired) electrons. The molecule has 0 unspecified atom stereocenters. The molecule has 32 heavy (non-hydrogen) atoms. The molecule has 0 amide bonds. The third kappa shape index (κ3) is 5.45. The van der Waals surface area contributed by atoms with E-state index in [2.05, 4.69) is 0 Å². The zero-order valence-electron chi connectivity index (χ0n) is 17.1. The molecule has 0 aliphatic heterocycles. The molecule has 3 aromatic rings. The van der Waals surface area contributed by atoms with Crippen molar-refractivity contribution in [1.29, 1.82) is 5.26 Å². The molecule has 0 spiro atoms. The maximum Gasteiger partial charge on any atom is 0.335 e. The first-order chi connectivity index (χ1) is 15.4. The Bertz CT molecular complexity index is 1220. The summed E-state index contributed by atoms with van der Waals surface area (Å²) in [5.41, 5.74) is 1.67. The first-order valence-corrected chi connectivity index (χ1v) is 10.1. The summed E-state index contributed by atoms with van der Waals surface area (Å²) < 4.78 is 25.6. The van der Waals surface area contributed by atoms with Crippen LogP contribution in [0.4, 0.5) is 4.39 Å². The van der Waals surface area contributed by atoms with Crippen molar-refractivity contribution in [2.75, 3.05) is 6.61 Å². The van der Waals surface area contributed by atoms with E-state index in [-0.39, 0.29) is 34.1 Å². The van der Waals surface area contributed by atoms with Gasteiger partial charge in [0.15, 0.2) is 11.5 Å². The third-order valence-electron chi connectivity index (χ3n) is 4.48. The molecule has 3 aromatic carbocycles. The van der Waals surface area contributed by atoms with Crippen molar-refractivity contribution in [3.8, 4) is 17.6 Å². The average molecular weight is 452 g/mol. The smallest absolute Gasteiger partial charge is 0.335 e. The quantitative estimate of drug-likeness (QED) is 0.325. The van der Waals surface area contributed by atoms with Crippen LogP contribution in [0.2, 0.25) is 5.02 Å². The number of ether oxygens (including phenoxy) is 2. The van der Waals surface area contributed by atoms with Gasteiger partial charge < -0.3 is 14.6 Å². The minimum absolute atomic E-state index is 0.0781. The number of allylic oxidation sites excluding steroid dienone is 1. The average Bonchev–Trinajstić information content (AvgIpc) is 2.78. The summed E-state index contributed by atoms with van der Waals surface area (Å²) in [7, 11) is 0. The molecule has 0 saturated carbocycles. The number of hydrogen-bond donors (Lipinski definition) is 1. The van der Waals surface area contributed by atoms with Gasteiger partial charge in [-0.2, -0.15) is 5.26 Å². The number of benzene rings is 3. The zero-order valence-corrected chi connectivity index (χ0v) is 17.9. The Balaban J connectivity index is 1.93. The maximum atomic E-state index is 14.1. The SMILES string of the molecule is CCOc1cc(C=C(C#N)c2ccccc2F)cc(Cl)c1OCc1cccc(C(=O)O)c1. The Morgan fingerprint density at radius 3 is 2.62 bits per heavy atom. The third-order valence-corrected chi connectivity index (χ3v) is 4.77. The molecule has 3 rings (SSSR count). The number of halogens is 2. The van der Waals surface area contributed by atoms with Gasteiger partial charge in [0.25, 0.3) is 0 Å². The molecule has 0 saturated heterocycles. The van der Waals surface area contributed by atoms with Crippen molar-refractivity contribution in [1.82, 2.24) is 0 Å². The first kappa shape index (κ1) is 22.9. The number of carboxylic acids is 1. The van der Waals surface area contributed by atoms with Gasteiger partial charge in [0, 0.05) is 5.56 Å². The number of rotatable bonds is 8. The largest absolute Gasteiger partial charge is 0.490 e. The molecule has 0 heterocycles. The molecular formula is C25H19ClFNO4. The summed E-state index contributed by atoms with van der Waals surface area (Å²) in [5.74, 6) is -0.888. The van der Waals surface area contributed by atoms with E-state index in [1.165, 1.54) is 30.3 Å². The normalized spacial score (nSPS) is 11.0. The van der Waals surface area contributed by atoms with Crippen LogP contribution in [0.3, 0.4) is 0 Å². The van der Waals surface area contributed by atoms with E-state index in [0.29, 0.717) is 23.5 Å². The molecule has 0 fully saturated rings. The maximum absolute atomic E-state index is 14.1. The fourth-order valence-corrected chi connectivity index (χ4v) is 3.31. The number of nitrogens with zero attached hydrogens (tertiary/aromatic N) is 1. The highest BCUT2D eigenvalue weighted by molar-refractivity contribution is 6.32. The molecule has 1 N–H and O–H groups in total. The molecule has 7 heteroatoms. The van der Waals surface area contributed by atoms with Crippen LogP contribution >= 0.6 is 11.6 Å². The molecule has 5 nitrogen and oxygen atoms in total. The Morgan fingerprint density at radius 2 is 1.94 bits per heavy atom. The van der Waals surface area contributed by atoms with E-state index in [4.69, 9.17) is 26.2 Å². The lowest BCUT2D eigenvalue weighted by molar-refractivity contribution is 0.0696. The lowest BCUT2D eigenvalue weighted by Gasteiger charge is -2.15. The van der Waals surface area contributed by atoms with Crippen molar-refractivity contribution in [2.24, 2.45) is 0 Å². The highest BCUT2D eigenvalue weighted by Gasteiger charge is 2.14. The highest BCUT2D eigenvalue weighted by atomic mass is 35.5. The Labute approximate surface area is 189 Å². The topological polar surface area (TPSA) is 79.5 Å². The minimum Gasteiger partial charge on any atom is -0.490 e. The van der Waals surface area contributed by atoms with Crippen molar-refractivity contribution in [2.45, 2.75) is 13.5 Å². The van der Waals surface area contributed by atoms with E-state index >= 15 is 0 Å². The van der Waals surface area contributed by atoms with Gasteiger partial charge >= 0.3 is 5.97 Å². The van der Waals surface area contributed by atoms with Crippen molar-refractivity contribution < 1.29 is 23.8 Å². The van der Waals surface area contributed by atoms with Gasteiger partial charge in [0.05, 0.1) is 28.8 Å². The Morgan fingerprint density at radius 1 is 1.16 bits per heavy atom. The van der Waals surface area contributed by atoms with Crippen molar-refractivity contribution >= 4 is 29.2 Å². The van der Waals surface area contributed by atoms with Crippen LogP contribution in [0.15, 0.2) is 60.7 Å². The first-order valence-electron chi connectivity index (χ1n) is 9.71. The predicted octanol–water partition coefficient (Wildman–Crippen LogP) is 6.22. The van der Waals surface area contributed by atoms with E-state index in [1.807, 2.05) is 6.07 Å². The summed E-state index contributed by atoms with van der Waals surface area (Å²) in [6.07, 6.45) is 1.52. The standard InChI is InChI=1S/C25H19ClFNO4/c1-2-31-23-13-17(11-19(14-28)20-8-3-4-9-22(20)27)12-21(26)24(23)32-15-16-6-5-7-18(10-16)25(29)30/h3-13H,2,15H2,1H3,(H,29,30). The van der Waals surface area contributed by atoms with E-state index in [9.17, 15) is 14.4 Å². The van der Waals surface area contributed by atoms with Crippen molar-refractivity contribution in [3.63, 3.8) is 0 Å². The number of aromatic carboxylic acids is 1. The van der Waals surface area contributed by atoms with Crippen LogP contribution in [-0.2, 0) is 6.61 Å². The van der Waals surface area contributed by atoms with Crippen LogP contribution in [0.25, 0.3) is 11.6 Å². The second-order valence-electron chi connectivity index (χ2n) is 6.71. The van der Waals surface area contributed by atoms with E-state index in [0.717, 1.165) is 0 Å². The number of nitriles is 1. The summed E-state index contributed by atoms with van der Waals surface area (Å²) >= 11 is 6.44. The van der Waals surface area contributed by atoms with Crippen LogP contribution in [-0.4, -0.2) is 17.7 Å². The monoisotopic (exact) mass is 451 g/mol. The molecule has 0 atom stereocenters. The van der Waals surface area contributed by atoms with E-state index in [1.54, 1.807) is 43.3 Å². The van der Waals surface area contributed by atoms with Gasteiger partial charge in [0.1, 0.15) is 12.4 Å². The summed E-state index contributed by atoms with van der Waals surface area (Å²) in [5, 5.41) is 18.9. The molecule has 0 aliphatic carbocycles. The predicted molar refractivity (Wildman–Crippen MR) is 120 cm³/mol. The van der Waals surface area contributed by atoms with Gasteiger partial charge in [-0.3, -0.25) is 0 Å². The number of carbonyl (C=O) groups is 1. The summed E-state index contributed by atoms with van der Waals surface area (Å²) in [6.45, 7) is 2.22. The summed E-state index contributed by atoms with van der Waals surface area (Å²) in [4.78, 5) is 11.2. The molecule has 162 valence electrons. The minimum atomic E-state index is -1.03. The van der Waals surface area contributed by atoms with Gasteiger partial charge in [-0.1, -0.05) is 41.9 Å².